The van der Waals surface area contributed by atoms with E-state index in [1.165, 1.54) is 0 Å². The zero-order chi connectivity index (χ0) is 16.5. The van der Waals surface area contributed by atoms with Crippen LogP contribution in [0.2, 0.25) is 0 Å². The fourth-order valence-electron chi connectivity index (χ4n) is 2.78. The lowest BCUT2D eigenvalue weighted by Crippen LogP contribution is -2.10. The van der Waals surface area contributed by atoms with Crippen molar-refractivity contribution < 1.29 is 9.53 Å². The molecule has 0 atom stereocenters. The highest BCUT2D eigenvalue weighted by Gasteiger charge is 2.18. The highest BCUT2D eigenvalue weighted by Crippen LogP contribution is 2.25. The quantitative estimate of drug-likeness (QED) is 0.541. The van der Waals surface area contributed by atoms with Gasteiger partial charge in [0.05, 0.1) is 5.52 Å². The van der Waals surface area contributed by atoms with Gasteiger partial charge in [0, 0.05) is 18.1 Å². The molecule has 4 rings (SSSR count). The second-order valence-corrected chi connectivity index (χ2v) is 5.37. The van der Waals surface area contributed by atoms with Crippen LogP contribution in [0.5, 0.6) is 0 Å². The first kappa shape index (κ1) is 14.5. The van der Waals surface area contributed by atoms with Gasteiger partial charge in [-0.3, -0.25) is 9.36 Å². The van der Waals surface area contributed by atoms with Gasteiger partial charge in [-0.1, -0.05) is 48.5 Å². The van der Waals surface area contributed by atoms with Gasteiger partial charge >= 0.3 is 0 Å². The molecule has 6 heteroatoms. The summed E-state index contributed by atoms with van der Waals surface area (Å²) in [6, 6.07) is 16.7. The molecule has 4 aromatic rings. The minimum atomic E-state index is -0.251. The number of rotatable bonds is 4. The summed E-state index contributed by atoms with van der Waals surface area (Å²) < 4.78 is 7.17. The number of carbonyl (C=O) groups excluding carboxylic acids is 1. The number of carbonyl (C=O) groups is 1. The lowest BCUT2D eigenvalue weighted by Gasteiger charge is -2.05. The minimum Gasteiger partial charge on any atom is -0.364 e. The van der Waals surface area contributed by atoms with Gasteiger partial charge in [0.15, 0.2) is 5.65 Å². The molecule has 0 amide bonds. The summed E-state index contributed by atoms with van der Waals surface area (Å²) in [5.41, 5.74) is 2.73. The molecule has 0 saturated carbocycles. The Morgan fingerprint density at radius 1 is 1.04 bits per heavy atom. The summed E-state index contributed by atoms with van der Waals surface area (Å²) in [6.07, 6.45) is 0. The Morgan fingerprint density at radius 2 is 1.79 bits per heavy atom. The van der Waals surface area contributed by atoms with Crippen LogP contribution in [-0.2, 0) is 11.5 Å². The Hall–Kier alpha value is -3.12. The number of fused-ring (bicyclic) bond motifs is 3. The van der Waals surface area contributed by atoms with Crippen LogP contribution in [0.25, 0.3) is 22.1 Å². The lowest BCUT2D eigenvalue weighted by atomic mass is 10.1. The smallest absolute Gasteiger partial charge is 0.232 e. The summed E-state index contributed by atoms with van der Waals surface area (Å²) in [5, 5.41) is 9.22. The van der Waals surface area contributed by atoms with E-state index in [1.54, 1.807) is 31.4 Å². The van der Waals surface area contributed by atoms with E-state index in [4.69, 9.17) is 4.74 Å². The average molecular weight is 318 g/mol. The molecule has 0 saturated heterocycles. The van der Waals surface area contributed by atoms with E-state index in [0.29, 0.717) is 23.5 Å². The van der Waals surface area contributed by atoms with E-state index in [2.05, 4.69) is 15.2 Å². The fraction of sp³-hybridized carbons (Fsp3) is 0.111. The van der Waals surface area contributed by atoms with Gasteiger partial charge in [-0.05, 0) is 6.07 Å². The first-order valence-electron chi connectivity index (χ1n) is 7.50. The van der Waals surface area contributed by atoms with E-state index in [-0.39, 0.29) is 11.6 Å². The second kappa shape index (κ2) is 5.82. The van der Waals surface area contributed by atoms with Crippen molar-refractivity contribution in [2.45, 2.75) is 6.73 Å². The standard InChI is InChI=1S/C18H14N4O2/c1-24-11-22-14-10-6-5-9-13(14)15-18(22)19-17(21-20-15)16(23)12-7-3-2-4-8-12/h2-10H,11H2,1H3. The fourth-order valence-corrected chi connectivity index (χ4v) is 2.78. The third-order valence-electron chi connectivity index (χ3n) is 3.87. The van der Waals surface area contributed by atoms with Crippen molar-refractivity contribution >= 4 is 27.9 Å². The van der Waals surface area contributed by atoms with Gasteiger partial charge in [0.1, 0.15) is 12.2 Å². The molecule has 118 valence electrons. The van der Waals surface area contributed by atoms with Crippen LogP contribution in [0.1, 0.15) is 16.2 Å². The minimum absolute atomic E-state index is 0.0776. The van der Waals surface area contributed by atoms with E-state index in [9.17, 15) is 4.79 Å². The summed E-state index contributed by atoms with van der Waals surface area (Å²) in [5.74, 6) is -0.173. The molecule has 0 aliphatic rings. The maximum Gasteiger partial charge on any atom is 0.232 e. The topological polar surface area (TPSA) is 69.9 Å². The zero-order valence-corrected chi connectivity index (χ0v) is 13.0. The summed E-state index contributed by atoms with van der Waals surface area (Å²) in [4.78, 5) is 17.0. The molecule has 24 heavy (non-hydrogen) atoms. The summed E-state index contributed by atoms with van der Waals surface area (Å²) in [6.45, 7) is 0.321. The molecule has 2 heterocycles. The van der Waals surface area contributed by atoms with Gasteiger partial charge in [-0.2, -0.15) is 0 Å². The largest absolute Gasteiger partial charge is 0.364 e. The molecule has 0 aliphatic carbocycles. The number of benzene rings is 2. The van der Waals surface area contributed by atoms with Crippen molar-refractivity contribution in [1.82, 2.24) is 19.7 Å². The molecule has 0 spiro atoms. The van der Waals surface area contributed by atoms with Crippen molar-refractivity contribution in [1.29, 1.82) is 0 Å². The Morgan fingerprint density at radius 3 is 2.58 bits per heavy atom. The van der Waals surface area contributed by atoms with Crippen LogP contribution < -0.4 is 0 Å². The number of methoxy groups -OCH3 is 1. The van der Waals surface area contributed by atoms with Gasteiger partial charge in [-0.15, -0.1) is 10.2 Å². The van der Waals surface area contributed by atoms with Gasteiger partial charge < -0.3 is 4.74 Å². The molecule has 0 bridgehead atoms. The third kappa shape index (κ3) is 2.24. The monoisotopic (exact) mass is 318 g/mol. The van der Waals surface area contributed by atoms with Gasteiger partial charge in [0.25, 0.3) is 0 Å². The predicted molar refractivity (Wildman–Crippen MR) is 89.7 cm³/mol. The van der Waals surface area contributed by atoms with E-state index in [1.807, 2.05) is 34.9 Å². The normalized spacial score (nSPS) is 11.2. The van der Waals surface area contributed by atoms with Crippen molar-refractivity contribution in [3.63, 3.8) is 0 Å². The number of aromatic nitrogens is 4. The zero-order valence-electron chi connectivity index (χ0n) is 13.0. The molecule has 0 unspecified atom stereocenters. The van der Waals surface area contributed by atoms with Crippen molar-refractivity contribution in [3.05, 3.63) is 66.0 Å². The first-order valence-corrected chi connectivity index (χ1v) is 7.50. The van der Waals surface area contributed by atoms with E-state index < -0.39 is 0 Å². The molecule has 0 fully saturated rings. The maximum absolute atomic E-state index is 12.6. The van der Waals surface area contributed by atoms with Crippen LogP contribution in [0.3, 0.4) is 0 Å². The number of hydrogen-bond acceptors (Lipinski definition) is 5. The number of ether oxygens (including phenoxy) is 1. The number of hydrogen-bond donors (Lipinski definition) is 0. The Kier molecular flexibility index (Phi) is 3.51. The van der Waals surface area contributed by atoms with Gasteiger partial charge in [-0.25, -0.2) is 4.98 Å². The first-order chi connectivity index (χ1) is 11.8. The van der Waals surface area contributed by atoms with Crippen molar-refractivity contribution in [2.75, 3.05) is 7.11 Å². The maximum atomic E-state index is 12.6. The number of nitrogens with zero attached hydrogens (tertiary/aromatic N) is 4. The lowest BCUT2D eigenvalue weighted by molar-refractivity contribution is 0.102. The van der Waals surface area contributed by atoms with E-state index >= 15 is 0 Å². The SMILES string of the molecule is COCn1c2ccccc2c2nnc(C(=O)c3ccccc3)nc21. The number of ketones is 1. The van der Waals surface area contributed by atoms with Crippen LogP contribution in [0.15, 0.2) is 54.6 Å². The average Bonchev–Trinajstić information content (AvgIpc) is 2.96. The summed E-state index contributed by atoms with van der Waals surface area (Å²) >= 11 is 0. The van der Waals surface area contributed by atoms with Gasteiger partial charge in [0.2, 0.25) is 11.6 Å². The van der Waals surface area contributed by atoms with Crippen molar-refractivity contribution in [2.24, 2.45) is 0 Å². The Balaban J connectivity index is 1.93. The summed E-state index contributed by atoms with van der Waals surface area (Å²) in [7, 11) is 1.62. The van der Waals surface area contributed by atoms with E-state index in [0.717, 1.165) is 10.9 Å². The Labute approximate surface area is 137 Å². The molecular formula is C18H14N4O2. The van der Waals surface area contributed by atoms with Crippen LogP contribution >= 0.6 is 0 Å². The predicted octanol–water partition coefficient (Wildman–Crippen LogP) is 2.81. The molecule has 0 N–H and O–H groups in total. The number of para-hydroxylation sites is 1. The molecule has 0 aliphatic heterocycles. The molecule has 2 aromatic heterocycles. The Bertz CT molecular complexity index is 1040. The molecule has 0 radical (unpaired) electrons. The van der Waals surface area contributed by atoms with Crippen molar-refractivity contribution in [3.8, 4) is 0 Å². The second-order valence-electron chi connectivity index (χ2n) is 5.37. The van der Waals surface area contributed by atoms with Crippen LogP contribution in [-0.4, -0.2) is 32.6 Å². The molecule has 6 nitrogen and oxygen atoms in total. The molecular weight excluding hydrogens is 304 g/mol. The highest BCUT2D eigenvalue weighted by atomic mass is 16.5. The van der Waals surface area contributed by atoms with Crippen LogP contribution in [0, 0.1) is 0 Å². The highest BCUT2D eigenvalue weighted by molar-refractivity contribution is 6.08. The van der Waals surface area contributed by atoms with Crippen LogP contribution in [0.4, 0.5) is 0 Å². The third-order valence-corrected chi connectivity index (χ3v) is 3.87. The molecule has 2 aromatic carbocycles.